The van der Waals surface area contributed by atoms with E-state index in [4.69, 9.17) is 15.2 Å². The molecule has 0 atom stereocenters. The Morgan fingerprint density at radius 1 is 1.39 bits per heavy atom. The lowest BCUT2D eigenvalue weighted by Crippen LogP contribution is -2.32. The molecule has 0 radical (unpaired) electrons. The molecule has 0 bridgehead atoms. The molecule has 0 saturated carbocycles. The van der Waals surface area contributed by atoms with Gasteiger partial charge in [-0.1, -0.05) is 6.07 Å². The van der Waals surface area contributed by atoms with Gasteiger partial charge in [-0.05, 0) is 18.6 Å². The summed E-state index contributed by atoms with van der Waals surface area (Å²) >= 11 is 0. The van der Waals surface area contributed by atoms with E-state index in [9.17, 15) is 0 Å². The van der Waals surface area contributed by atoms with Crippen molar-refractivity contribution >= 4 is 29.9 Å². The van der Waals surface area contributed by atoms with Crippen LogP contribution in [0.15, 0.2) is 29.3 Å². The van der Waals surface area contributed by atoms with Crippen LogP contribution in [0.2, 0.25) is 0 Å². The number of nitrogens with zero attached hydrogens (tertiary/aromatic N) is 1. The Morgan fingerprint density at radius 3 is 2.78 bits per heavy atom. The first-order chi connectivity index (χ1) is 8.26. The number of ether oxygens (including phenoxy) is 2. The first-order valence-electron chi connectivity index (χ1n) is 5.49. The molecule has 0 saturated heterocycles. The second kappa shape index (κ2) is 9.81. The summed E-state index contributed by atoms with van der Waals surface area (Å²) < 4.78 is 10.7. The smallest absolute Gasteiger partial charge is 0.188 e. The Bertz CT molecular complexity index is 372. The van der Waals surface area contributed by atoms with E-state index in [1.165, 1.54) is 0 Å². The van der Waals surface area contributed by atoms with E-state index >= 15 is 0 Å². The summed E-state index contributed by atoms with van der Waals surface area (Å²) in [5.74, 6) is 2.05. The van der Waals surface area contributed by atoms with Gasteiger partial charge in [0.25, 0.3) is 0 Å². The zero-order valence-electron chi connectivity index (χ0n) is 10.7. The van der Waals surface area contributed by atoms with E-state index in [1.807, 2.05) is 24.3 Å². The number of halogens is 1. The van der Waals surface area contributed by atoms with Gasteiger partial charge in [0.15, 0.2) is 5.96 Å². The van der Waals surface area contributed by atoms with Crippen LogP contribution in [0.25, 0.3) is 0 Å². The molecule has 0 aromatic heterocycles. The summed E-state index contributed by atoms with van der Waals surface area (Å²) in [7, 11) is 3.28. The highest BCUT2D eigenvalue weighted by molar-refractivity contribution is 14.0. The summed E-state index contributed by atoms with van der Waals surface area (Å²) in [5, 5.41) is 2.96. The summed E-state index contributed by atoms with van der Waals surface area (Å²) in [6.45, 7) is 1.37. The third-order valence-corrected chi connectivity index (χ3v) is 2.18. The van der Waals surface area contributed by atoms with Gasteiger partial charge in [-0.25, -0.2) is 0 Å². The molecule has 6 heteroatoms. The highest BCUT2D eigenvalue weighted by atomic mass is 127. The molecule has 5 nitrogen and oxygen atoms in total. The van der Waals surface area contributed by atoms with E-state index in [1.54, 1.807) is 14.2 Å². The normalized spacial score (nSPS) is 10.4. The first-order valence-corrected chi connectivity index (χ1v) is 5.49. The van der Waals surface area contributed by atoms with Crippen molar-refractivity contribution in [1.82, 2.24) is 5.32 Å². The van der Waals surface area contributed by atoms with Gasteiger partial charge in [-0.2, -0.15) is 0 Å². The van der Waals surface area contributed by atoms with Gasteiger partial charge in [-0.3, -0.25) is 4.99 Å². The zero-order valence-corrected chi connectivity index (χ0v) is 13.0. The quantitative estimate of drug-likeness (QED) is 0.348. The van der Waals surface area contributed by atoms with Crippen molar-refractivity contribution in [2.75, 3.05) is 27.3 Å². The molecule has 0 aliphatic carbocycles. The van der Waals surface area contributed by atoms with Gasteiger partial charge in [0.1, 0.15) is 11.5 Å². The lowest BCUT2D eigenvalue weighted by Gasteiger charge is -2.08. The maximum atomic E-state index is 5.56. The second-order valence-electron chi connectivity index (χ2n) is 3.42. The van der Waals surface area contributed by atoms with Gasteiger partial charge in [-0.15, -0.1) is 24.0 Å². The van der Waals surface area contributed by atoms with Crippen molar-refractivity contribution in [1.29, 1.82) is 0 Å². The van der Waals surface area contributed by atoms with Gasteiger partial charge in [0.2, 0.25) is 0 Å². The van der Waals surface area contributed by atoms with Crippen LogP contribution in [0, 0.1) is 0 Å². The Balaban J connectivity index is 0.00000289. The SMILES string of the molecule is CN=C(N)NCCCOc1cccc(OC)c1.I. The average Bonchev–Trinajstić information content (AvgIpc) is 2.38. The van der Waals surface area contributed by atoms with Crippen LogP contribution in [-0.4, -0.2) is 33.3 Å². The zero-order chi connectivity index (χ0) is 12.5. The number of rotatable bonds is 6. The Hall–Kier alpha value is -1.18. The highest BCUT2D eigenvalue weighted by Crippen LogP contribution is 2.18. The summed E-state index contributed by atoms with van der Waals surface area (Å²) in [6.07, 6.45) is 0.855. The number of nitrogens with one attached hydrogen (secondary N) is 1. The molecule has 3 N–H and O–H groups in total. The number of benzene rings is 1. The van der Waals surface area contributed by atoms with E-state index in [-0.39, 0.29) is 24.0 Å². The van der Waals surface area contributed by atoms with Crippen LogP contribution in [0.4, 0.5) is 0 Å². The molecule has 0 aliphatic heterocycles. The lowest BCUT2D eigenvalue weighted by molar-refractivity contribution is 0.309. The molecular formula is C12H20IN3O2. The second-order valence-corrected chi connectivity index (χ2v) is 3.42. The molecule has 0 aliphatic rings. The largest absolute Gasteiger partial charge is 0.497 e. The van der Waals surface area contributed by atoms with Crippen molar-refractivity contribution in [3.05, 3.63) is 24.3 Å². The maximum Gasteiger partial charge on any atom is 0.188 e. The average molecular weight is 365 g/mol. The predicted molar refractivity (Wildman–Crippen MR) is 84.1 cm³/mol. The number of methoxy groups -OCH3 is 1. The first kappa shape index (κ1) is 16.8. The fraction of sp³-hybridized carbons (Fsp3) is 0.417. The van der Waals surface area contributed by atoms with Gasteiger partial charge < -0.3 is 20.5 Å². The Morgan fingerprint density at radius 2 is 2.11 bits per heavy atom. The Labute approximate surface area is 125 Å². The lowest BCUT2D eigenvalue weighted by atomic mass is 10.3. The fourth-order valence-corrected chi connectivity index (χ4v) is 1.25. The minimum Gasteiger partial charge on any atom is -0.497 e. The van der Waals surface area contributed by atoms with Gasteiger partial charge in [0.05, 0.1) is 13.7 Å². The monoisotopic (exact) mass is 365 g/mol. The van der Waals surface area contributed by atoms with Crippen LogP contribution < -0.4 is 20.5 Å². The minimum atomic E-state index is 0. The molecule has 0 unspecified atom stereocenters. The number of hydrogen-bond acceptors (Lipinski definition) is 3. The van der Waals surface area contributed by atoms with Crippen LogP contribution in [0.1, 0.15) is 6.42 Å². The summed E-state index contributed by atoms with van der Waals surface area (Å²) in [6, 6.07) is 7.54. The molecule has 0 fully saturated rings. The number of hydrogen-bond donors (Lipinski definition) is 2. The molecule has 0 amide bonds. The molecule has 102 valence electrons. The maximum absolute atomic E-state index is 5.56. The molecular weight excluding hydrogens is 345 g/mol. The van der Waals surface area contributed by atoms with Gasteiger partial charge >= 0.3 is 0 Å². The fourth-order valence-electron chi connectivity index (χ4n) is 1.25. The van der Waals surface area contributed by atoms with Crippen LogP contribution in [0.5, 0.6) is 11.5 Å². The van der Waals surface area contributed by atoms with Crippen LogP contribution in [0.3, 0.4) is 0 Å². The van der Waals surface area contributed by atoms with Crippen molar-refractivity contribution in [3.63, 3.8) is 0 Å². The van der Waals surface area contributed by atoms with Crippen LogP contribution in [-0.2, 0) is 0 Å². The van der Waals surface area contributed by atoms with Crippen molar-refractivity contribution in [3.8, 4) is 11.5 Å². The summed E-state index contributed by atoms with van der Waals surface area (Å²) in [5.41, 5.74) is 5.49. The molecule has 1 aromatic carbocycles. The predicted octanol–water partition coefficient (Wildman–Crippen LogP) is 1.62. The third-order valence-electron chi connectivity index (χ3n) is 2.18. The number of aliphatic imine (C=N–C) groups is 1. The van der Waals surface area contributed by atoms with Crippen molar-refractivity contribution < 1.29 is 9.47 Å². The Kier molecular flexibility index (Phi) is 9.17. The molecule has 1 rings (SSSR count). The van der Waals surface area contributed by atoms with Crippen molar-refractivity contribution in [2.45, 2.75) is 6.42 Å². The van der Waals surface area contributed by atoms with E-state index < -0.39 is 0 Å². The summed E-state index contributed by atoms with van der Waals surface area (Å²) in [4.78, 5) is 3.79. The number of guanidine groups is 1. The van der Waals surface area contributed by atoms with E-state index in [2.05, 4.69) is 10.3 Å². The standard InChI is InChI=1S/C12H19N3O2.HI/c1-14-12(13)15-7-4-8-17-11-6-3-5-10(9-11)16-2;/h3,5-6,9H,4,7-8H2,1-2H3,(H3,13,14,15);1H. The minimum absolute atomic E-state index is 0. The van der Waals surface area contributed by atoms with Crippen molar-refractivity contribution in [2.24, 2.45) is 10.7 Å². The molecule has 18 heavy (non-hydrogen) atoms. The van der Waals surface area contributed by atoms with E-state index in [0.29, 0.717) is 12.6 Å². The number of nitrogens with two attached hydrogens (primary N) is 1. The highest BCUT2D eigenvalue weighted by Gasteiger charge is 1.96. The van der Waals surface area contributed by atoms with Crippen LogP contribution >= 0.6 is 24.0 Å². The topological polar surface area (TPSA) is 68.9 Å². The molecule has 0 heterocycles. The van der Waals surface area contributed by atoms with Gasteiger partial charge in [0, 0.05) is 19.7 Å². The molecule has 1 aromatic rings. The molecule has 0 spiro atoms. The van der Waals surface area contributed by atoms with E-state index in [0.717, 1.165) is 24.5 Å². The third kappa shape index (κ3) is 6.53.